The summed E-state index contributed by atoms with van der Waals surface area (Å²) in [5.74, 6) is 0.590. The Labute approximate surface area is 130 Å². The average Bonchev–Trinajstić information content (AvgIpc) is 2.96. The van der Waals surface area contributed by atoms with Crippen molar-refractivity contribution in [2.75, 3.05) is 0 Å². The Kier molecular flexibility index (Phi) is 4.44. The number of nitrogens with zero attached hydrogens (tertiary/aromatic N) is 2. The van der Waals surface area contributed by atoms with Crippen molar-refractivity contribution in [3.05, 3.63) is 83.9 Å². The van der Waals surface area contributed by atoms with Crippen LogP contribution in [-0.2, 0) is 22.3 Å². The smallest absolute Gasteiger partial charge is 0.125 e. The van der Waals surface area contributed by atoms with Gasteiger partial charge in [0.2, 0.25) is 0 Å². The number of rotatable bonds is 5. The molecule has 0 N–H and O–H groups in total. The molecule has 112 valence electrons. The molecule has 1 aromatic heterocycles. The lowest BCUT2D eigenvalue weighted by Crippen LogP contribution is -2.02. The molecular formula is C17H15FN2OS. The highest BCUT2D eigenvalue weighted by Crippen LogP contribution is 2.12. The predicted molar refractivity (Wildman–Crippen MR) is 85.5 cm³/mol. The monoisotopic (exact) mass is 314 g/mol. The van der Waals surface area contributed by atoms with Gasteiger partial charge < -0.3 is 0 Å². The zero-order valence-corrected chi connectivity index (χ0v) is 12.7. The average molecular weight is 314 g/mol. The molecule has 0 aliphatic carbocycles. The van der Waals surface area contributed by atoms with Gasteiger partial charge in [-0.1, -0.05) is 36.4 Å². The van der Waals surface area contributed by atoms with E-state index in [9.17, 15) is 8.60 Å². The van der Waals surface area contributed by atoms with Crippen LogP contribution in [0.1, 0.15) is 11.3 Å². The fourth-order valence-electron chi connectivity index (χ4n) is 2.18. The van der Waals surface area contributed by atoms with Gasteiger partial charge in [-0.2, -0.15) is 5.10 Å². The molecule has 0 aliphatic rings. The van der Waals surface area contributed by atoms with Gasteiger partial charge in [0.05, 0.1) is 17.1 Å². The Morgan fingerprint density at radius 3 is 2.59 bits per heavy atom. The van der Waals surface area contributed by atoms with Gasteiger partial charge >= 0.3 is 0 Å². The Morgan fingerprint density at radius 1 is 1.00 bits per heavy atom. The maximum atomic E-state index is 13.2. The highest BCUT2D eigenvalue weighted by Gasteiger charge is 2.07. The van der Waals surface area contributed by atoms with Gasteiger partial charge in [-0.15, -0.1) is 0 Å². The van der Waals surface area contributed by atoms with Crippen molar-refractivity contribution >= 4 is 10.8 Å². The van der Waals surface area contributed by atoms with Gasteiger partial charge in [-0.3, -0.25) is 4.21 Å². The first-order chi connectivity index (χ1) is 10.7. The van der Waals surface area contributed by atoms with Gasteiger partial charge in [-0.25, -0.2) is 9.07 Å². The SMILES string of the molecule is O=[S@](Cc1ccccc1)Cc1ccn(-c2cccc(F)c2)n1. The van der Waals surface area contributed by atoms with Crippen LogP contribution in [0.25, 0.3) is 5.69 Å². The maximum Gasteiger partial charge on any atom is 0.125 e. The lowest BCUT2D eigenvalue weighted by molar-refractivity contribution is 0.625. The van der Waals surface area contributed by atoms with E-state index in [1.807, 2.05) is 36.4 Å². The first kappa shape index (κ1) is 14.7. The van der Waals surface area contributed by atoms with Crippen molar-refractivity contribution in [2.24, 2.45) is 0 Å². The minimum atomic E-state index is -1.02. The van der Waals surface area contributed by atoms with Crippen molar-refractivity contribution in [3.63, 3.8) is 0 Å². The van der Waals surface area contributed by atoms with Crippen LogP contribution in [0.3, 0.4) is 0 Å². The molecular weight excluding hydrogens is 299 g/mol. The molecule has 0 fully saturated rings. The van der Waals surface area contributed by atoms with Gasteiger partial charge in [0, 0.05) is 22.7 Å². The second-order valence-electron chi connectivity index (χ2n) is 4.95. The summed E-state index contributed by atoms with van der Waals surface area (Å²) in [6.45, 7) is 0. The molecule has 5 heteroatoms. The highest BCUT2D eigenvalue weighted by atomic mass is 32.2. The Balaban J connectivity index is 1.68. The third kappa shape index (κ3) is 3.68. The van der Waals surface area contributed by atoms with Crippen molar-refractivity contribution in [1.29, 1.82) is 0 Å². The van der Waals surface area contributed by atoms with Crippen molar-refractivity contribution in [3.8, 4) is 5.69 Å². The zero-order valence-electron chi connectivity index (χ0n) is 11.9. The second-order valence-corrected chi connectivity index (χ2v) is 6.40. The molecule has 0 spiro atoms. The summed E-state index contributed by atoms with van der Waals surface area (Å²) in [4.78, 5) is 0. The number of benzene rings is 2. The van der Waals surface area contributed by atoms with Crippen molar-refractivity contribution in [1.82, 2.24) is 9.78 Å². The topological polar surface area (TPSA) is 34.9 Å². The Bertz CT molecular complexity index is 786. The van der Waals surface area contributed by atoms with Crippen molar-refractivity contribution in [2.45, 2.75) is 11.5 Å². The molecule has 0 bridgehead atoms. The van der Waals surface area contributed by atoms with E-state index < -0.39 is 10.8 Å². The molecule has 3 aromatic rings. The lowest BCUT2D eigenvalue weighted by Gasteiger charge is -2.02. The molecule has 0 amide bonds. The highest BCUT2D eigenvalue weighted by molar-refractivity contribution is 7.83. The number of hydrogen-bond donors (Lipinski definition) is 0. The van der Waals surface area contributed by atoms with Gasteiger partial charge in [0.25, 0.3) is 0 Å². The van der Waals surface area contributed by atoms with Crippen LogP contribution in [0, 0.1) is 5.82 Å². The minimum Gasteiger partial charge on any atom is -0.259 e. The molecule has 0 radical (unpaired) electrons. The molecule has 0 saturated carbocycles. The van der Waals surface area contributed by atoms with E-state index in [0.29, 0.717) is 17.2 Å². The quantitative estimate of drug-likeness (QED) is 0.723. The van der Waals surface area contributed by atoms with Crippen LogP contribution in [0.15, 0.2) is 66.9 Å². The van der Waals surface area contributed by atoms with Crippen LogP contribution in [0.4, 0.5) is 4.39 Å². The second kappa shape index (κ2) is 6.66. The van der Waals surface area contributed by atoms with E-state index in [2.05, 4.69) is 5.10 Å². The third-order valence-electron chi connectivity index (χ3n) is 3.20. The molecule has 0 saturated heterocycles. The molecule has 1 heterocycles. The van der Waals surface area contributed by atoms with Gasteiger partial charge in [-0.05, 0) is 29.8 Å². The Morgan fingerprint density at radius 2 is 1.82 bits per heavy atom. The normalized spacial score (nSPS) is 12.2. The molecule has 0 unspecified atom stereocenters. The maximum absolute atomic E-state index is 13.2. The molecule has 1 atom stereocenters. The summed E-state index contributed by atoms with van der Waals surface area (Å²) >= 11 is 0. The van der Waals surface area contributed by atoms with E-state index in [4.69, 9.17) is 0 Å². The van der Waals surface area contributed by atoms with E-state index in [0.717, 1.165) is 11.3 Å². The fraction of sp³-hybridized carbons (Fsp3) is 0.118. The van der Waals surface area contributed by atoms with Crippen LogP contribution in [-0.4, -0.2) is 14.0 Å². The fourth-order valence-corrected chi connectivity index (χ4v) is 3.33. The largest absolute Gasteiger partial charge is 0.259 e. The first-order valence-electron chi connectivity index (χ1n) is 6.90. The third-order valence-corrected chi connectivity index (χ3v) is 4.47. The number of hydrogen-bond acceptors (Lipinski definition) is 2. The predicted octanol–water partition coefficient (Wildman–Crippen LogP) is 3.46. The number of aromatic nitrogens is 2. The van der Waals surface area contributed by atoms with Gasteiger partial charge in [0.15, 0.2) is 0 Å². The van der Waals surface area contributed by atoms with Crippen LogP contribution in [0.2, 0.25) is 0 Å². The molecule has 3 nitrogen and oxygen atoms in total. The number of halogens is 1. The van der Waals surface area contributed by atoms with Gasteiger partial charge in [0.1, 0.15) is 5.82 Å². The van der Waals surface area contributed by atoms with Crippen LogP contribution >= 0.6 is 0 Å². The van der Waals surface area contributed by atoms with E-state index in [1.54, 1.807) is 23.0 Å². The molecule has 0 aliphatic heterocycles. The molecule has 22 heavy (non-hydrogen) atoms. The van der Waals surface area contributed by atoms with E-state index >= 15 is 0 Å². The van der Waals surface area contributed by atoms with Crippen LogP contribution in [0.5, 0.6) is 0 Å². The summed E-state index contributed by atoms with van der Waals surface area (Å²) in [5, 5.41) is 4.36. The summed E-state index contributed by atoms with van der Waals surface area (Å²) in [6.07, 6.45) is 1.75. The summed E-state index contributed by atoms with van der Waals surface area (Å²) in [7, 11) is -1.02. The van der Waals surface area contributed by atoms with Crippen molar-refractivity contribution < 1.29 is 8.60 Å². The first-order valence-corrected chi connectivity index (χ1v) is 8.39. The Hall–Kier alpha value is -2.27. The molecule has 2 aromatic carbocycles. The summed E-state index contributed by atoms with van der Waals surface area (Å²) in [5.41, 5.74) is 2.43. The summed E-state index contributed by atoms with van der Waals surface area (Å²) in [6, 6.07) is 17.8. The molecule has 3 rings (SSSR count). The standard InChI is InChI=1S/C17H15FN2OS/c18-15-7-4-8-17(11-15)20-10-9-16(19-20)13-22(21)12-14-5-2-1-3-6-14/h1-11H,12-13H2/t22-/m1/s1. The van der Waals surface area contributed by atoms with E-state index in [1.165, 1.54) is 12.1 Å². The van der Waals surface area contributed by atoms with E-state index in [-0.39, 0.29) is 5.82 Å². The van der Waals surface area contributed by atoms with Crippen LogP contribution < -0.4 is 0 Å². The summed E-state index contributed by atoms with van der Waals surface area (Å²) < 4.78 is 27.0. The zero-order chi connectivity index (χ0) is 15.4. The lowest BCUT2D eigenvalue weighted by atomic mass is 10.2. The minimum absolute atomic E-state index is 0.304.